The quantitative estimate of drug-likeness (QED) is 0.872. The van der Waals surface area contributed by atoms with Crippen molar-refractivity contribution in [2.75, 3.05) is 11.4 Å². The second-order valence-corrected chi connectivity index (χ2v) is 6.07. The third-order valence-electron chi connectivity index (χ3n) is 4.46. The van der Waals surface area contributed by atoms with E-state index in [4.69, 9.17) is 4.74 Å². The van der Waals surface area contributed by atoms with Crippen molar-refractivity contribution in [2.24, 2.45) is 0 Å². The Morgan fingerprint density at radius 2 is 2.00 bits per heavy atom. The summed E-state index contributed by atoms with van der Waals surface area (Å²) in [7, 11) is 0. The van der Waals surface area contributed by atoms with Crippen molar-refractivity contribution >= 4 is 17.5 Å². The van der Waals surface area contributed by atoms with Crippen molar-refractivity contribution < 1.29 is 15.8 Å². The molecule has 5 heteroatoms. The van der Waals surface area contributed by atoms with Gasteiger partial charge < -0.3 is 15.0 Å². The predicted octanol–water partition coefficient (Wildman–Crippen LogP) is 2.66. The van der Waals surface area contributed by atoms with Crippen molar-refractivity contribution in [1.82, 2.24) is 5.32 Å². The number of carbonyl (C=O) groups is 2. The molecule has 1 N–H and O–H groups in total. The third kappa shape index (κ3) is 3.38. The standard InChI is InChI=1S/C18H22N2O3.H2/c1-2-17(21)20-12-16(23-15-11-7-6-10-14(15)20)18(22)19-13-8-4-3-5-9-13;/h2,6-7,10-11,13,16H,1,3-5,8-9,12H2,(H,19,22);1H. The van der Waals surface area contributed by atoms with E-state index in [1.165, 1.54) is 12.5 Å². The van der Waals surface area contributed by atoms with E-state index in [-0.39, 0.29) is 25.8 Å². The Bertz CT molecular complexity index is 614. The van der Waals surface area contributed by atoms with E-state index in [1.54, 1.807) is 11.0 Å². The first-order valence-electron chi connectivity index (χ1n) is 8.19. The molecule has 1 saturated carbocycles. The highest BCUT2D eigenvalue weighted by Gasteiger charge is 2.33. The van der Waals surface area contributed by atoms with Gasteiger partial charge in [0.15, 0.2) is 6.10 Å². The number of hydrogen-bond acceptors (Lipinski definition) is 3. The van der Waals surface area contributed by atoms with E-state index in [1.807, 2.05) is 18.2 Å². The predicted molar refractivity (Wildman–Crippen MR) is 90.5 cm³/mol. The molecule has 0 radical (unpaired) electrons. The summed E-state index contributed by atoms with van der Waals surface area (Å²) >= 11 is 0. The summed E-state index contributed by atoms with van der Waals surface area (Å²) in [5, 5.41) is 3.07. The first kappa shape index (κ1) is 15.6. The van der Waals surface area contributed by atoms with Crippen LogP contribution in [-0.4, -0.2) is 30.5 Å². The van der Waals surface area contributed by atoms with Crippen LogP contribution in [-0.2, 0) is 9.59 Å². The zero-order valence-corrected chi connectivity index (χ0v) is 13.2. The fraction of sp³-hybridized carbons (Fsp3) is 0.444. The van der Waals surface area contributed by atoms with Gasteiger partial charge in [0.1, 0.15) is 5.75 Å². The van der Waals surface area contributed by atoms with Crippen LogP contribution in [0.5, 0.6) is 5.75 Å². The number of nitrogens with zero attached hydrogens (tertiary/aromatic N) is 1. The monoisotopic (exact) mass is 316 g/mol. The number of fused-ring (bicyclic) bond motifs is 1. The lowest BCUT2D eigenvalue weighted by Gasteiger charge is -2.34. The Labute approximate surface area is 137 Å². The highest BCUT2D eigenvalue weighted by Crippen LogP contribution is 2.33. The smallest absolute Gasteiger partial charge is 0.263 e. The lowest BCUT2D eigenvalue weighted by molar-refractivity contribution is -0.129. The Morgan fingerprint density at radius 3 is 2.74 bits per heavy atom. The van der Waals surface area contributed by atoms with Gasteiger partial charge in [-0.15, -0.1) is 0 Å². The van der Waals surface area contributed by atoms with E-state index in [2.05, 4.69) is 11.9 Å². The second-order valence-electron chi connectivity index (χ2n) is 6.07. The number of ether oxygens (including phenoxy) is 1. The highest BCUT2D eigenvalue weighted by atomic mass is 16.5. The van der Waals surface area contributed by atoms with Crippen molar-refractivity contribution in [3.8, 4) is 5.75 Å². The summed E-state index contributed by atoms with van der Waals surface area (Å²) in [6.45, 7) is 3.75. The van der Waals surface area contributed by atoms with Gasteiger partial charge in [0.2, 0.25) is 0 Å². The maximum absolute atomic E-state index is 12.5. The normalized spacial score (nSPS) is 21.0. The molecule has 1 fully saturated rings. The molecule has 1 heterocycles. The average Bonchev–Trinajstić information content (AvgIpc) is 2.61. The van der Waals surface area contributed by atoms with Crippen molar-refractivity contribution in [1.29, 1.82) is 0 Å². The molecule has 3 rings (SSSR count). The van der Waals surface area contributed by atoms with Crippen LogP contribution >= 0.6 is 0 Å². The van der Waals surface area contributed by atoms with Gasteiger partial charge in [-0.25, -0.2) is 0 Å². The fourth-order valence-corrected chi connectivity index (χ4v) is 3.23. The van der Waals surface area contributed by atoms with E-state index in [0.29, 0.717) is 11.4 Å². The Balaban J connectivity index is 0.00000208. The number of anilines is 1. The molecule has 2 amide bonds. The molecule has 1 aliphatic carbocycles. The van der Waals surface area contributed by atoms with Crippen LogP contribution in [0.4, 0.5) is 5.69 Å². The minimum atomic E-state index is -0.685. The van der Waals surface area contributed by atoms with E-state index >= 15 is 0 Å². The van der Waals surface area contributed by atoms with Crippen LogP contribution < -0.4 is 15.0 Å². The number of rotatable bonds is 3. The topological polar surface area (TPSA) is 58.6 Å². The Morgan fingerprint density at radius 1 is 1.26 bits per heavy atom. The number of nitrogens with one attached hydrogen (secondary N) is 1. The molecule has 1 aromatic rings. The molecular weight excluding hydrogens is 292 g/mol. The molecule has 2 aliphatic rings. The number of benzene rings is 1. The van der Waals surface area contributed by atoms with E-state index in [0.717, 1.165) is 25.7 Å². The summed E-state index contributed by atoms with van der Waals surface area (Å²) in [5.41, 5.74) is 0.680. The third-order valence-corrected chi connectivity index (χ3v) is 4.46. The largest absolute Gasteiger partial charge is 0.477 e. The molecule has 1 unspecified atom stereocenters. The average molecular weight is 316 g/mol. The first-order valence-corrected chi connectivity index (χ1v) is 8.19. The molecular formula is C18H24N2O3. The maximum Gasteiger partial charge on any atom is 0.263 e. The van der Waals surface area contributed by atoms with Gasteiger partial charge >= 0.3 is 0 Å². The van der Waals surface area contributed by atoms with Crippen LogP contribution in [0.1, 0.15) is 33.5 Å². The summed E-state index contributed by atoms with van der Waals surface area (Å²) in [4.78, 5) is 26.2. The molecule has 0 spiro atoms. The number of amides is 2. The van der Waals surface area contributed by atoms with Crippen molar-refractivity contribution in [3.63, 3.8) is 0 Å². The molecule has 1 aromatic carbocycles. The first-order chi connectivity index (χ1) is 11.2. The fourth-order valence-electron chi connectivity index (χ4n) is 3.23. The van der Waals surface area contributed by atoms with Crippen molar-refractivity contribution in [3.05, 3.63) is 36.9 Å². The molecule has 1 aliphatic heterocycles. The van der Waals surface area contributed by atoms with Crippen molar-refractivity contribution in [2.45, 2.75) is 44.2 Å². The SMILES string of the molecule is C=CC(=O)N1CC(C(=O)NC2CCCCC2)Oc2ccccc21.[HH]. The van der Waals surface area contributed by atoms with Gasteiger partial charge in [-0.2, -0.15) is 0 Å². The minimum Gasteiger partial charge on any atom is -0.477 e. The molecule has 5 nitrogen and oxygen atoms in total. The summed E-state index contributed by atoms with van der Waals surface area (Å²) in [6, 6.07) is 7.48. The molecule has 0 saturated heterocycles. The Kier molecular flexibility index (Phi) is 4.65. The Hall–Kier alpha value is -2.30. The molecule has 0 aromatic heterocycles. The van der Waals surface area contributed by atoms with Crippen LogP contribution in [0, 0.1) is 0 Å². The molecule has 1 atom stereocenters. The summed E-state index contributed by atoms with van der Waals surface area (Å²) in [5.74, 6) is 0.183. The maximum atomic E-state index is 12.5. The van der Waals surface area contributed by atoms with Crippen LogP contribution in [0.15, 0.2) is 36.9 Å². The lowest BCUT2D eigenvalue weighted by Crippen LogP contribution is -2.52. The lowest BCUT2D eigenvalue weighted by atomic mass is 9.95. The zero-order valence-electron chi connectivity index (χ0n) is 13.2. The molecule has 0 bridgehead atoms. The minimum absolute atomic E-state index is 0. The van der Waals surface area contributed by atoms with Gasteiger partial charge in [0.25, 0.3) is 11.8 Å². The summed E-state index contributed by atoms with van der Waals surface area (Å²) < 4.78 is 5.82. The van der Waals surface area contributed by atoms with Gasteiger partial charge in [-0.3, -0.25) is 9.59 Å². The number of para-hydroxylation sites is 2. The zero-order chi connectivity index (χ0) is 16.2. The van der Waals surface area contributed by atoms with Crippen LogP contribution in [0.3, 0.4) is 0 Å². The number of hydrogen-bond donors (Lipinski definition) is 1. The van der Waals surface area contributed by atoms with E-state index in [9.17, 15) is 9.59 Å². The van der Waals surface area contributed by atoms with Gasteiger partial charge in [-0.1, -0.05) is 38.0 Å². The molecule has 23 heavy (non-hydrogen) atoms. The number of carbonyl (C=O) groups excluding carboxylic acids is 2. The van der Waals surface area contributed by atoms with Crippen LogP contribution in [0.25, 0.3) is 0 Å². The summed E-state index contributed by atoms with van der Waals surface area (Å²) in [6.07, 6.45) is 6.16. The van der Waals surface area contributed by atoms with E-state index < -0.39 is 6.10 Å². The second kappa shape index (κ2) is 6.86. The van der Waals surface area contributed by atoms with Crippen LogP contribution in [0.2, 0.25) is 0 Å². The van der Waals surface area contributed by atoms with Gasteiger partial charge in [0, 0.05) is 7.47 Å². The van der Waals surface area contributed by atoms with Gasteiger partial charge in [0.05, 0.1) is 12.2 Å². The molecule has 124 valence electrons. The van der Waals surface area contributed by atoms with Gasteiger partial charge in [-0.05, 0) is 31.1 Å². The highest BCUT2D eigenvalue weighted by molar-refractivity contribution is 6.03.